The molecule has 0 aromatic rings. The molecule has 1 atom stereocenters. The molecular formula is C21H37NSi. The largest absolute Gasteiger partial charge is 0.332 e. The Labute approximate surface area is 145 Å². The van der Waals surface area contributed by atoms with E-state index in [9.17, 15) is 0 Å². The predicted octanol–water partition coefficient (Wildman–Crippen LogP) is 6.34. The third kappa shape index (κ3) is 3.26. The summed E-state index contributed by atoms with van der Waals surface area (Å²) in [7, 11) is -1.53. The molecular weight excluding hydrogens is 294 g/mol. The first-order valence-corrected chi connectivity index (χ1v) is 12.9. The fourth-order valence-electron chi connectivity index (χ4n) is 6.15. The minimum absolute atomic E-state index is 0.219. The van der Waals surface area contributed by atoms with Crippen LogP contribution >= 0.6 is 0 Å². The second-order valence-electron chi connectivity index (χ2n) is 10.1. The summed E-state index contributed by atoms with van der Waals surface area (Å²) in [6, 6.07) is 0. The summed E-state index contributed by atoms with van der Waals surface area (Å²) >= 11 is 0. The molecule has 2 heteroatoms. The minimum atomic E-state index is -1.53. The van der Waals surface area contributed by atoms with E-state index in [0.717, 1.165) is 5.54 Å². The molecule has 1 fully saturated rings. The highest BCUT2D eigenvalue weighted by molar-refractivity contribution is 6.78. The van der Waals surface area contributed by atoms with Crippen LogP contribution in [0.15, 0.2) is 22.8 Å². The van der Waals surface area contributed by atoms with Gasteiger partial charge >= 0.3 is 0 Å². The number of hydrogen-bond acceptors (Lipinski definition) is 1. The van der Waals surface area contributed by atoms with E-state index in [1.54, 1.807) is 5.57 Å². The van der Waals surface area contributed by atoms with Gasteiger partial charge in [0.1, 0.15) is 8.24 Å². The molecule has 1 N–H and O–H groups in total. The average Bonchev–Trinajstić information content (AvgIpc) is 2.76. The standard InChI is InChI=1S/C21H37NSi/c1-16-15-18-17(19(16)23(5,6)22-20(2,3)4)11-10-14-21(18)12-8-7-9-13-21/h15,19,22H,7-14H2,1-6H3. The minimum Gasteiger partial charge on any atom is -0.332 e. The molecule has 0 amide bonds. The lowest BCUT2D eigenvalue weighted by molar-refractivity contribution is 0.210. The first-order valence-electron chi connectivity index (χ1n) is 9.86. The molecule has 0 bridgehead atoms. The fraction of sp³-hybridized carbons (Fsp3) is 0.810. The highest BCUT2D eigenvalue weighted by Gasteiger charge is 2.47. The van der Waals surface area contributed by atoms with Crippen molar-refractivity contribution in [3.05, 3.63) is 22.8 Å². The van der Waals surface area contributed by atoms with E-state index in [0.29, 0.717) is 5.41 Å². The molecule has 23 heavy (non-hydrogen) atoms. The van der Waals surface area contributed by atoms with E-state index < -0.39 is 8.24 Å². The van der Waals surface area contributed by atoms with Gasteiger partial charge in [0.25, 0.3) is 0 Å². The molecule has 3 aliphatic rings. The summed E-state index contributed by atoms with van der Waals surface area (Å²) in [6.07, 6.45) is 14.2. The fourth-order valence-corrected chi connectivity index (χ4v) is 10.6. The summed E-state index contributed by atoms with van der Waals surface area (Å²) in [4.78, 5) is 4.06. The van der Waals surface area contributed by atoms with Gasteiger partial charge in [0.2, 0.25) is 0 Å². The molecule has 0 heterocycles. The van der Waals surface area contributed by atoms with Gasteiger partial charge in [0.05, 0.1) is 0 Å². The van der Waals surface area contributed by atoms with Crippen LogP contribution in [0.4, 0.5) is 0 Å². The first-order chi connectivity index (χ1) is 10.6. The highest BCUT2D eigenvalue weighted by atomic mass is 28.3. The quantitative estimate of drug-likeness (QED) is 0.582. The van der Waals surface area contributed by atoms with Crippen molar-refractivity contribution in [1.29, 1.82) is 0 Å². The second kappa shape index (κ2) is 5.88. The van der Waals surface area contributed by atoms with Crippen LogP contribution in [0.5, 0.6) is 0 Å². The Morgan fingerprint density at radius 1 is 1.04 bits per heavy atom. The zero-order valence-corrected chi connectivity index (χ0v) is 17.3. The number of rotatable bonds is 2. The Hall–Kier alpha value is -0.343. The summed E-state index contributed by atoms with van der Waals surface area (Å²) < 4.78 is 0. The smallest absolute Gasteiger partial charge is 0.131 e. The van der Waals surface area contributed by atoms with E-state index in [1.807, 2.05) is 11.1 Å². The van der Waals surface area contributed by atoms with Crippen LogP contribution in [0.3, 0.4) is 0 Å². The van der Waals surface area contributed by atoms with Gasteiger partial charge in [-0.2, -0.15) is 0 Å². The molecule has 130 valence electrons. The van der Waals surface area contributed by atoms with Crippen LogP contribution in [0.1, 0.15) is 79.1 Å². The number of hydrogen-bond donors (Lipinski definition) is 1. The van der Waals surface area contributed by atoms with Crippen LogP contribution < -0.4 is 4.98 Å². The van der Waals surface area contributed by atoms with Gasteiger partial charge in [-0.15, -0.1) is 0 Å². The van der Waals surface area contributed by atoms with Crippen molar-refractivity contribution in [3.8, 4) is 0 Å². The van der Waals surface area contributed by atoms with Gasteiger partial charge in [-0.05, 0) is 70.8 Å². The van der Waals surface area contributed by atoms with Gasteiger partial charge in [0, 0.05) is 11.1 Å². The lowest BCUT2D eigenvalue weighted by Gasteiger charge is -2.45. The molecule has 0 aromatic heterocycles. The lowest BCUT2D eigenvalue weighted by atomic mass is 9.63. The third-order valence-electron chi connectivity index (χ3n) is 6.42. The molecule has 3 aliphatic carbocycles. The Balaban J connectivity index is 1.96. The van der Waals surface area contributed by atoms with Crippen LogP contribution in [0.2, 0.25) is 18.6 Å². The number of fused-ring (bicyclic) bond motifs is 1. The summed E-state index contributed by atoms with van der Waals surface area (Å²) in [5, 5.41) is 0. The van der Waals surface area contributed by atoms with E-state index in [2.05, 4.69) is 51.8 Å². The van der Waals surface area contributed by atoms with Crippen molar-refractivity contribution in [1.82, 2.24) is 4.98 Å². The zero-order chi connectivity index (χ0) is 16.9. The maximum absolute atomic E-state index is 4.06. The summed E-state index contributed by atoms with van der Waals surface area (Å²) in [6.45, 7) is 14.5. The molecule has 0 saturated heterocycles. The van der Waals surface area contributed by atoms with Gasteiger partial charge in [-0.1, -0.05) is 49.6 Å². The third-order valence-corrected chi connectivity index (χ3v) is 10.1. The Morgan fingerprint density at radius 2 is 1.65 bits per heavy atom. The Kier molecular flexibility index (Phi) is 4.47. The maximum atomic E-state index is 4.06. The van der Waals surface area contributed by atoms with Gasteiger partial charge in [0.15, 0.2) is 0 Å². The maximum Gasteiger partial charge on any atom is 0.131 e. The molecule has 1 spiro atoms. The van der Waals surface area contributed by atoms with Crippen molar-refractivity contribution >= 4 is 8.24 Å². The van der Waals surface area contributed by atoms with Gasteiger partial charge in [-0.25, -0.2) is 0 Å². The lowest BCUT2D eigenvalue weighted by Crippen LogP contribution is -2.57. The van der Waals surface area contributed by atoms with E-state index in [4.69, 9.17) is 0 Å². The molecule has 0 aliphatic heterocycles. The Bertz CT molecular complexity index is 527. The molecule has 0 aromatic carbocycles. The van der Waals surface area contributed by atoms with Crippen molar-refractivity contribution in [3.63, 3.8) is 0 Å². The van der Waals surface area contributed by atoms with Crippen LogP contribution in [0, 0.1) is 5.41 Å². The summed E-state index contributed by atoms with van der Waals surface area (Å²) in [5.74, 6) is 0. The van der Waals surface area contributed by atoms with Crippen molar-refractivity contribution in [2.45, 2.75) is 103 Å². The zero-order valence-electron chi connectivity index (χ0n) is 16.3. The number of nitrogens with one attached hydrogen (secondary N) is 1. The monoisotopic (exact) mass is 331 g/mol. The average molecular weight is 332 g/mol. The topological polar surface area (TPSA) is 12.0 Å². The molecule has 3 rings (SSSR count). The summed E-state index contributed by atoms with van der Waals surface area (Å²) in [5.41, 5.74) is 6.84. The first kappa shape index (κ1) is 17.5. The van der Waals surface area contributed by atoms with Crippen LogP contribution in [-0.2, 0) is 0 Å². The normalized spacial score (nSPS) is 28.1. The molecule has 0 radical (unpaired) electrons. The molecule has 1 nitrogen and oxygen atoms in total. The van der Waals surface area contributed by atoms with Crippen LogP contribution in [0.25, 0.3) is 0 Å². The number of allylic oxidation sites excluding steroid dienone is 4. The molecule has 1 saturated carbocycles. The van der Waals surface area contributed by atoms with Crippen molar-refractivity contribution < 1.29 is 0 Å². The van der Waals surface area contributed by atoms with E-state index >= 15 is 0 Å². The Morgan fingerprint density at radius 3 is 2.26 bits per heavy atom. The van der Waals surface area contributed by atoms with Crippen LogP contribution in [-0.4, -0.2) is 13.8 Å². The molecule has 1 unspecified atom stereocenters. The van der Waals surface area contributed by atoms with E-state index in [1.165, 1.54) is 51.4 Å². The highest BCUT2D eigenvalue weighted by Crippen LogP contribution is 2.58. The SMILES string of the molecule is CC1=CC2=C(CCCC23CCCCC3)C1[Si](C)(C)NC(C)(C)C. The van der Waals surface area contributed by atoms with Gasteiger partial charge in [-0.3, -0.25) is 0 Å². The van der Waals surface area contributed by atoms with Crippen molar-refractivity contribution in [2.75, 3.05) is 0 Å². The van der Waals surface area contributed by atoms with Crippen molar-refractivity contribution in [2.24, 2.45) is 5.41 Å². The predicted molar refractivity (Wildman–Crippen MR) is 104 cm³/mol. The van der Waals surface area contributed by atoms with E-state index in [-0.39, 0.29) is 5.54 Å². The van der Waals surface area contributed by atoms with Gasteiger partial charge < -0.3 is 4.98 Å². The second-order valence-corrected chi connectivity index (χ2v) is 14.3.